The molecule has 1 fully saturated rings. The van der Waals surface area contributed by atoms with Gasteiger partial charge in [0.15, 0.2) is 0 Å². The molecule has 1 aromatic carbocycles. The smallest absolute Gasteiger partial charge is 0.226 e. The van der Waals surface area contributed by atoms with Crippen LogP contribution < -0.4 is 10.6 Å². The molecule has 1 amide bonds. The largest absolute Gasteiger partial charge is 0.444 e. The molecule has 1 aliphatic carbocycles. The number of nitrogens with one attached hydrogen (secondary N) is 2. The van der Waals surface area contributed by atoms with Crippen molar-refractivity contribution in [1.29, 1.82) is 0 Å². The van der Waals surface area contributed by atoms with E-state index in [1.807, 2.05) is 12.1 Å². The van der Waals surface area contributed by atoms with Gasteiger partial charge < -0.3 is 15.1 Å². The van der Waals surface area contributed by atoms with E-state index in [9.17, 15) is 4.79 Å². The Bertz CT molecular complexity index is 696. The molecular weight excluding hydrogens is 385 g/mol. The Morgan fingerprint density at radius 1 is 1.11 bits per heavy atom. The third-order valence-corrected chi connectivity index (χ3v) is 4.97. The van der Waals surface area contributed by atoms with Crippen LogP contribution in [0, 0.1) is 0 Å². The lowest BCUT2D eigenvalue weighted by atomic mass is 10.1. The van der Waals surface area contributed by atoms with Gasteiger partial charge in [0.05, 0.1) is 12.1 Å². The van der Waals surface area contributed by atoms with Gasteiger partial charge in [0, 0.05) is 29.7 Å². The van der Waals surface area contributed by atoms with Gasteiger partial charge in [0.2, 0.25) is 11.8 Å². The molecule has 5 nitrogen and oxygen atoms in total. The summed E-state index contributed by atoms with van der Waals surface area (Å²) < 4.78 is 5.46. The Kier molecular flexibility index (Phi) is 9.11. The minimum Gasteiger partial charge on any atom is -0.444 e. The van der Waals surface area contributed by atoms with Crippen LogP contribution >= 0.6 is 24.0 Å². The average Bonchev–Trinajstić information content (AvgIpc) is 2.94. The Balaban J connectivity index is 0.00000261. The molecule has 1 aliphatic rings. The summed E-state index contributed by atoms with van der Waals surface area (Å²) >= 11 is 5.88. The van der Waals surface area contributed by atoms with Gasteiger partial charge in [-0.15, -0.1) is 12.4 Å². The standard InChI is InChI=1S/C20H26ClN3O2.ClH/c21-16-9-7-15(8-10-16)20-24-18(14-26-20)13-19(25)23-12-11-22-17-5-3-1-2-4-6-17;/h7-10,14,17,22H,1-6,11-13H2,(H,23,25);1H. The molecule has 2 aromatic rings. The summed E-state index contributed by atoms with van der Waals surface area (Å²) in [7, 11) is 0. The summed E-state index contributed by atoms with van der Waals surface area (Å²) in [6.07, 6.45) is 9.59. The summed E-state index contributed by atoms with van der Waals surface area (Å²) in [4.78, 5) is 16.4. The highest BCUT2D eigenvalue weighted by Gasteiger charge is 2.12. The van der Waals surface area contributed by atoms with Crippen molar-refractivity contribution >= 4 is 29.9 Å². The molecule has 0 saturated heterocycles. The third-order valence-electron chi connectivity index (χ3n) is 4.72. The Morgan fingerprint density at radius 3 is 2.52 bits per heavy atom. The number of nitrogens with zero attached hydrogens (tertiary/aromatic N) is 1. The lowest BCUT2D eigenvalue weighted by Gasteiger charge is -2.16. The van der Waals surface area contributed by atoms with Gasteiger partial charge in [-0.05, 0) is 37.1 Å². The number of hydrogen-bond donors (Lipinski definition) is 2. The van der Waals surface area contributed by atoms with E-state index in [4.69, 9.17) is 16.0 Å². The number of amides is 1. The third kappa shape index (κ3) is 7.17. The zero-order valence-electron chi connectivity index (χ0n) is 15.4. The first-order chi connectivity index (χ1) is 12.7. The second-order valence-corrected chi connectivity index (χ2v) is 7.26. The van der Waals surface area contributed by atoms with Crippen LogP contribution in [0.25, 0.3) is 11.5 Å². The van der Waals surface area contributed by atoms with Crippen LogP contribution in [0.5, 0.6) is 0 Å². The predicted molar refractivity (Wildman–Crippen MR) is 110 cm³/mol. The van der Waals surface area contributed by atoms with Crippen LogP contribution in [-0.2, 0) is 11.2 Å². The summed E-state index contributed by atoms with van der Waals surface area (Å²) in [5.74, 6) is 0.461. The van der Waals surface area contributed by atoms with Crippen molar-refractivity contribution in [3.05, 3.63) is 41.2 Å². The molecule has 1 aromatic heterocycles. The van der Waals surface area contributed by atoms with Crippen molar-refractivity contribution < 1.29 is 9.21 Å². The topological polar surface area (TPSA) is 67.2 Å². The van der Waals surface area contributed by atoms with E-state index in [0.717, 1.165) is 12.1 Å². The molecule has 0 atom stereocenters. The maximum absolute atomic E-state index is 12.1. The van der Waals surface area contributed by atoms with Crippen molar-refractivity contribution in [2.45, 2.75) is 51.0 Å². The van der Waals surface area contributed by atoms with Crippen LogP contribution in [0.2, 0.25) is 5.02 Å². The second-order valence-electron chi connectivity index (χ2n) is 6.82. The van der Waals surface area contributed by atoms with Gasteiger partial charge in [0.25, 0.3) is 0 Å². The zero-order chi connectivity index (χ0) is 18.2. The van der Waals surface area contributed by atoms with E-state index in [-0.39, 0.29) is 24.7 Å². The molecular formula is C20H27Cl2N3O2. The number of oxazole rings is 1. The lowest BCUT2D eigenvalue weighted by Crippen LogP contribution is -2.37. The number of carbonyl (C=O) groups is 1. The highest BCUT2D eigenvalue weighted by atomic mass is 35.5. The van der Waals surface area contributed by atoms with Crippen LogP contribution in [0.1, 0.15) is 44.2 Å². The summed E-state index contributed by atoms with van der Waals surface area (Å²) in [5.41, 5.74) is 1.47. The second kappa shape index (κ2) is 11.3. The van der Waals surface area contributed by atoms with Crippen molar-refractivity contribution in [3.8, 4) is 11.5 Å². The summed E-state index contributed by atoms with van der Waals surface area (Å²) in [5, 5.41) is 7.16. The van der Waals surface area contributed by atoms with E-state index >= 15 is 0 Å². The summed E-state index contributed by atoms with van der Waals surface area (Å²) in [6, 6.07) is 7.87. The van der Waals surface area contributed by atoms with Crippen LogP contribution in [-0.4, -0.2) is 30.0 Å². The number of halogens is 2. The van der Waals surface area contributed by atoms with E-state index in [1.165, 1.54) is 44.8 Å². The normalized spacial score (nSPS) is 15.0. The van der Waals surface area contributed by atoms with E-state index in [2.05, 4.69) is 15.6 Å². The number of aromatic nitrogens is 1. The molecule has 1 saturated carbocycles. The lowest BCUT2D eigenvalue weighted by molar-refractivity contribution is -0.120. The quantitative estimate of drug-likeness (QED) is 0.523. The fraction of sp³-hybridized carbons (Fsp3) is 0.500. The monoisotopic (exact) mass is 411 g/mol. The number of hydrogen-bond acceptors (Lipinski definition) is 4. The molecule has 0 aliphatic heterocycles. The van der Waals surface area contributed by atoms with Gasteiger partial charge in [-0.3, -0.25) is 4.79 Å². The molecule has 27 heavy (non-hydrogen) atoms. The number of benzene rings is 1. The van der Waals surface area contributed by atoms with Crippen LogP contribution in [0.3, 0.4) is 0 Å². The van der Waals surface area contributed by atoms with Crippen LogP contribution in [0.15, 0.2) is 34.9 Å². The van der Waals surface area contributed by atoms with E-state index in [0.29, 0.717) is 29.2 Å². The summed E-state index contributed by atoms with van der Waals surface area (Å²) in [6.45, 7) is 1.45. The molecule has 0 unspecified atom stereocenters. The maximum atomic E-state index is 12.1. The Hall–Kier alpha value is -1.56. The minimum atomic E-state index is -0.0383. The highest BCUT2D eigenvalue weighted by molar-refractivity contribution is 6.30. The van der Waals surface area contributed by atoms with E-state index < -0.39 is 0 Å². The van der Waals surface area contributed by atoms with Gasteiger partial charge in [-0.25, -0.2) is 4.98 Å². The molecule has 0 radical (unpaired) electrons. The molecule has 0 spiro atoms. The molecule has 1 heterocycles. The van der Waals surface area contributed by atoms with Gasteiger partial charge in [-0.1, -0.05) is 37.3 Å². The molecule has 2 N–H and O–H groups in total. The number of carbonyl (C=O) groups excluding carboxylic acids is 1. The fourth-order valence-corrected chi connectivity index (χ4v) is 3.43. The molecule has 3 rings (SSSR count). The van der Waals surface area contributed by atoms with E-state index in [1.54, 1.807) is 12.1 Å². The fourth-order valence-electron chi connectivity index (χ4n) is 3.30. The van der Waals surface area contributed by atoms with Crippen molar-refractivity contribution in [2.24, 2.45) is 0 Å². The van der Waals surface area contributed by atoms with Crippen molar-refractivity contribution in [3.63, 3.8) is 0 Å². The van der Waals surface area contributed by atoms with Gasteiger partial charge in [-0.2, -0.15) is 0 Å². The van der Waals surface area contributed by atoms with Crippen LogP contribution in [0.4, 0.5) is 0 Å². The van der Waals surface area contributed by atoms with Crippen molar-refractivity contribution in [1.82, 2.24) is 15.6 Å². The van der Waals surface area contributed by atoms with Gasteiger partial charge in [0.1, 0.15) is 6.26 Å². The Labute approximate surface area is 171 Å². The highest BCUT2D eigenvalue weighted by Crippen LogP contribution is 2.21. The predicted octanol–water partition coefficient (Wildman–Crippen LogP) is 4.39. The first-order valence-corrected chi connectivity index (χ1v) is 9.79. The maximum Gasteiger partial charge on any atom is 0.226 e. The first kappa shape index (κ1) is 21.7. The molecule has 148 valence electrons. The molecule has 7 heteroatoms. The number of rotatable bonds is 7. The zero-order valence-corrected chi connectivity index (χ0v) is 17.0. The van der Waals surface area contributed by atoms with Crippen molar-refractivity contribution in [2.75, 3.05) is 13.1 Å². The average molecular weight is 412 g/mol. The minimum absolute atomic E-state index is 0. The first-order valence-electron chi connectivity index (χ1n) is 9.41. The SMILES string of the molecule is Cl.O=C(Cc1coc(-c2ccc(Cl)cc2)n1)NCCNC1CCCCCC1. The molecule has 0 bridgehead atoms. The van der Waals surface area contributed by atoms with Gasteiger partial charge >= 0.3 is 0 Å². The Morgan fingerprint density at radius 2 is 1.81 bits per heavy atom.